The Morgan fingerprint density at radius 2 is 2.10 bits per heavy atom. The Morgan fingerprint density at radius 1 is 1.35 bits per heavy atom. The van der Waals surface area contributed by atoms with Gasteiger partial charge in [-0.3, -0.25) is 0 Å². The number of fused-ring (bicyclic) bond motifs is 1. The molecule has 0 saturated heterocycles. The average Bonchev–Trinajstić information content (AvgIpc) is 2.72. The molecule has 0 bridgehead atoms. The molecule has 0 aliphatic carbocycles. The van der Waals surface area contributed by atoms with Crippen LogP contribution in [0.15, 0.2) is 12.3 Å². The van der Waals surface area contributed by atoms with Crippen LogP contribution in [0.1, 0.15) is 37.5 Å². The van der Waals surface area contributed by atoms with E-state index in [4.69, 9.17) is 16.3 Å². The number of alkyl halides is 1. The van der Waals surface area contributed by atoms with Gasteiger partial charge in [-0.25, -0.2) is 9.97 Å². The van der Waals surface area contributed by atoms with Crippen molar-refractivity contribution in [2.45, 2.75) is 39.6 Å². The molecule has 110 valence electrons. The van der Waals surface area contributed by atoms with Crippen LogP contribution in [0.2, 0.25) is 0 Å². The minimum Gasteiger partial charge on any atom is -0.379 e. The quantitative estimate of drug-likeness (QED) is 0.602. The number of imidazole rings is 1. The fourth-order valence-electron chi connectivity index (χ4n) is 2.13. The Kier molecular flexibility index (Phi) is 5.00. The molecule has 0 aromatic carbocycles. The fraction of sp³-hybridized carbons (Fsp3) is 0.600. The molecule has 0 aliphatic rings. The van der Waals surface area contributed by atoms with Gasteiger partial charge in [0.25, 0.3) is 0 Å². The molecule has 2 heterocycles. The van der Waals surface area contributed by atoms with E-state index < -0.39 is 0 Å². The Balaban J connectivity index is 2.22. The van der Waals surface area contributed by atoms with Crippen molar-refractivity contribution >= 4 is 22.8 Å². The van der Waals surface area contributed by atoms with Crippen molar-refractivity contribution in [1.82, 2.24) is 14.5 Å². The second-order valence-corrected chi connectivity index (χ2v) is 6.22. The number of hydrogen-bond donors (Lipinski definition) is 0. The van der Waals surface area contributed by atoms with E-state index in [1.54, 1.807) is 0 Å². The molecular formula is C15H22ClN3O. The lowest BCUT2D eigenvalue weighted by Gasteiger charge is -2.11. The molecule has 5 heteroatoms. The van der Waals surface area contributed by atoms with E-state index in [9.17, 15) is 0 Å². The third-order valence-corrected chi connectivity index (χ3v) is 3.21. The topological polar surface area (TPSA) is 39.9 Å². The lowest BCUT2D eigenvalue weighted by molar-refractivity contribution is 0.103. The van der Waals surface area contributed by atoms with Crippen molar-refractivity contribution in [3.05, 3.63) is 23.7 Å². The molecule has 4 nitrogen and oxygen atoms in total. The minimum absolute atomic E-state index is 0.144. The second kappa shape index (κ2) is 6.55. The number of nitrogens with zero attached hydrogens (tertiary/aromatic N) is 3. The first-order valence-corrected chi connectivity index (χ1v) is 7.47. The van der Waals surface area contributed by atoms with Crippen LogP contribution in [0, 0.1) is 12.8 Å². The zero-order valence-electron chi connectivity index (χ0n) is 12.6. The number of pyridine rings is 1. The summed E-state index contributed by atoms with van der Waals surface area (Å²) in [7, 11) is 0. The third-order valence-electron chi connectivity index (χ3n) is 3.02. The lowest BCUT2D eigenvalue weighted by Crippen LogP contribution is -2.12. The van der Waals surface area contributed by atoms with Gasteiger partial charge in [-0.05, 0) is 31.4 Å². The Morgan fingerprint density at radius 3 is 2.75 bits per heavy atom. The zero-order valence-corrected chi connectivity index (χ0v) is 13.3. The molecule has 0 spiro atoms. The van der Waals surface area contributed by atoms with Gasteiger partial charge >= 0.3 is 0 Å². The van der Waals surface area contributed by atoms with Gasteiger partial charge in [0.05, 0.1) is 12.0 Å². The maximum atomic E-state index is 6.23. The van der Waals surface area contributed by atoms with Crippen molar-refractivity contribution in [1.29, 1.82) is 0 Å². The standard InChI is InChI=1S/C15H22ClN3O/c1-10(2)9-20-6-5-19-14(12(4)16)18-13-7-11(3)8-17-15(13)19/h7-8,10,12H,5-6,9H2,1-4H3. The molecule has 1 atom stereocenters. The Labute approximate surface area is 125 Å². The van der Waals surface area contributed by atoms with Gasteiger partial charge in [0.15, 0.2) is 5.65 Å². The lowest BCUT2D eigenvalue weighted by atomic mass is 10.2. The van der Waals surface area contributed by atoms with Gasteiger partial charge in [0.2, 0.25) is 0 Å². The molecule has 2 rings (SSSR count). The van der Waals surface area contributed by atoms with Gasteiger partial charge in [-0.1, -0.05) is 13.8 Å². The van der Waals surface area contributed by atoms with Gasteiger partial charge in [-0.2, -0.15) is 0 Å². The SMILES string of the molecule is Cc1cnc2c(c1)nc(C(C)Cl)n2CCOCC(C)C. The van der Waals surface area contributed by atoms with Gasteiger partial charge in [0, 0.05) is 19.3 Å². The van der Waals surface area contributed by atoms with Crippen LogP contribution < -0.4 is 0 Å². The highest BCUT2D eigenvalue weighted by Crippen LogP contribution is 2.23. The van der Waals surface area contributed by atoms with Crippen molar-refractivity contribution in [3.63, 3.8) is 0 Å². The van der Waals surface area contributed by atoms with Gasteiger partial charge < -0.3 is 9.30 Å². The van der Waals surface area contributed by atoms with Crippen molar-refractivity contribution < 1.29 is 4.74 Å². The first-order valence-electron chi connectivity index (χ1n) is 7.03. The van der Waals surface area contributed by atoms with Crippen LogP contribution in [0.4, 0.5) is 0 Å². The van der Waals surface area contributed by atoms with Crippen molar-refractivity contribution in [3.8, 4) is 0 Å². The van der Waals surface area contributed by atoms with E-state index in [0.29, 0.717) is 12.5 Å². The molecule has 0 radical (unpaired) electrons. The first kappa shape index (κ1) is 15.3. The van der Waals surface area contributed by atoms with E-state index in [1.165, 1.54) is 0 Å². The number of rotatable bonds is 6. The Hall–Kier alpha value is -1.13. The summed E-state index contributed by atoms with van der Waals surface area (Å²) < 4.78 is 7.72. The molecular weight excluding hydrogens is 274 g/mol. The predicted molar refractivity (Wildman–Crippen MR) is 82.2 cm³/mol. The fourth-order valence-corrected chi connectivity index (χ4v) is 2.29. The summed E-state index contributed by atoms with van der Waals surface area (Å²) in [5, 5.41) is -0.144. The minimum atomic E-state index is -0.144. The Bertz CT molecular complexity index is 578. The third kappa shape index (κ3) is 3.49. The second-order valence-electron chi connectivity index (χ2n) is 5.56. The summed E-state index contributed by atoms with van der Waals surface area (Å²) in [4.78, 5) is 9.08. The van der Waals surface area contributed by atoms with Crippen LogP contribution >= 0.6 is 11.6 Å². The first-order chi connectivity index (χ1) is 9.49. The number of ether oxygens (including phenoxy) is 1. The van der Waals surface area contributed by atoms with Crippen LogP contribution in [0.25, 0.3) is 11.2 Å². The van der Waals surface area contributed by atoms with E-state index in [1.807, 2.05) is 26.1 Å². The highest BCUT2D eigenvalue weighted by molar-refractivity contribution is 6.20. The number of halogens is 1. The van der Waals surface area contributed by atoms with Crippen LogP contribution in [-0.4, -0.2) is 27.7 Å². The maximum absolute atomic E-state index is 6.23. The molecule has 2 aromatic rings. The molecule has 1 unspecified atom stereocenters. The normalized spacial score (nSPS) is 13.3. The number of hydrogen-bond acceptors (Lipinski definition) is 3. The van der Waals surface area contributed by atoms with E-state index >= 15 is 0 Å². The molecule has 0 saturated carbocycles. The van der Waals surface area contributed by atoms with E-state index in [0.717, 1.165) is 35.7 Å². The summed E-state index contributed by atoms with van der Waals surface area (Å²) >= 11 is 6.23. The number of aryl methyl sites for hydroxylation is 1. The van der Waals surface area contributed by atoms with Crippen LogP contribution in [0.5, 0.6) is 0 Å². The molecule has 0 amide bonds. The molecule has 0 fully saturated rings. The summed E-state index contributed by atoms with van der Waals surface area (Å²) in [6.45, 7) is 10.4. The molecule has 2 aromatic heterocycles. The van der Waals surface area contributed by atoms with Crippen LogP contribution in [-0.2, 0) is 11.3 Å². The summed E-state index contributed by atoms with van der Waals surface area (Å²) in [6.07, 6.45) is 1.86. The highest BCUT2D eigenvalue weighted by atomic mass is 35.5. The number of aromatic nitrogens is 3. The van der Waals surface area contributed by atoms with E-state index in [-0.39, 0.29) is 5.38 Å². The predicted octanol–water partition coefficient (Wildman–Crippen LogP) is 3.71. The molecule has 0 N–H and O–H groups in total. The summed E-state index contributed by atoms with van der Waals surface area (Å²) in [5.41, 5.74) is 2.88. The maximum Gasteiger partial charge on any atom is 0.160 e. The monoisotopic (exact) mass is 295 g/mol. The smallest absolute Gasteiger partial charge is 0.160 e. The zero-order chi connectivity index (χ0) is 14.7. The largest absolute Gasteiger partial charge is 0.379 e. The highest BCUT2D eigenvalue weighted by Gasteiger charge is 2.15. The molecule has 20 heavy (non-hydrogen) atoms. The average molecular weight is 296 g/mol. The van der Waals surface area contributed by atoms with E-state index in [2.05, 4.69) is 28.4 Å². The summed E-state index contributed by atoms with van der Waals surface area (Å²) in [6, 6.07) is 2.04. The van der Waals surface area contributed by atoms with Crippen molar-refractivity contribution in [2.24, 2.45) is 5.92 Å². The van der Waals surface area contributed by atoms with Gasteiger partial charge in [-0.15, -0.1) is 11.6 Å². The van der Waals surface area contributed by atoms with Gasteiger partial charge in [0.1, 0.15) is 11.3 Å². The van der Waals surface area contributed by atoms with Crippen molar-refractivity contribution in [2.75, 3.05) is 13.2 Å². The molecule has 0 aliphatic heterocycles. The summed E-state index contributed by atoms with van der Waals surface area (Å²) in [5.74, 6) is 1.40. The van der Waals surface area contributed by atoms with Crippen LogP contribution in [0.3, 0.4) is 0 Å².